The molecule has 0 spiro atoms. The second-order valence-corrected chi connectivity index (χ2v) is 5.01. The summed E-state index contributed by atoms with van der Waals surface area (Å²) in [5.41, 5.74) is 9.07. The van der Waals surface area contributed by atoms with Crippen molar-refractivity contribution in [3.05, 3.63) is 34.9 Å². The van der Waals surface area contributed by atoms with E-state index >= 15 is 0 Å². The van der Waals surface area contributed by atoms with E-state index in [0.29, 0.717) is 18.7 Å². The van der Waals surface area contributed by atoms with Crippen molar-refractivity contribution in [2.75, 3.05) is 6.54 Å². The molecule has 1 aliphatic carbocycles. The molecule has 0 aromatic heterocycles. The summed E-state index contributed by atoms with van der Waals surface area (Å²) in [6.45, 7) is 4.63. The molecule has 0 saturated heterocycles. The van der Waals surface area contributed by atoms with Gasteiger partial charge in [0.25, 0.3) is 0 Å². The molecule has 1 saturated carbocycles. The molecule has 0 aliphatic heterocycles. The zero-order valence-corrected chi connectivity index (χ0v) is 10.0. The predicted octanol–water partition coefficient (Wildman–Crippen LogP) is 2.15. The fourth-order valence-corrected chi connectivity index (χ4v) is 2.10. The topological polar surface area (TPSA) is 43.1 Å². The first-order chi connectivity index (χ1) is 7.57. The summed E-state index contributed by atoms with van der Waals surface area (Å²) in [5.74, 6) is 0.323. The summed E-state index contributed by atoms with van der Waals surface area (Å²) in [6.07, 6.45) is 2.51. The average Bonchev–Trinajstić information content (AvgIpc) is 3.04. The van der Waals surface area contributed by atoms with Gasteiger partial charge in [-0.05, 0) is 37.8 Å². The maximum atomic E-state index is 12.1. The Hall–Kier alpha value is -1.15. The third-order valence-electron chi connectivity index (χ3n) is 3.69. The van der Waals surface area contributed by atoms with E-state index in [1.54, 1.807) is 0 Å². The van der Waals surface area contributed by atoms with Crippen LogP contribution in [-0.4, -0.2) is 12.3 Å². The molecule has 0 bridgehead atoms. The van der Waals surface area contributed by atoms with Gasteiger partial charge in [-0.25, -0.2) is 0 Å². The predicted molar refractivity (Wildman–Crippen MR) is 65.3 cm³/mol. The lowest BCUT2D eigenvalue weighted by Crippen LogP contribution is -2.26. The van der Waals surface area contributed by atoms with Crippen LogP contribution >= 0.6 is 0 Å². The molecular weight excluding hydrogens is 198 g/mol. The van der Waals surface area contributed by atoms with E-state index < -0.39 is 0 Å². The van der Waals surface area contributed by atoms with Crippen LogP contribution in [0.25, 0.3) is 0 Å². The molecule has 2 heteroatoms. The zero-order valence-electron chi connectivity index (χ0n) is 10.0. The Balaban J connectivity index is 2.15. The minimum atomic E-state index is -0.170. The van der Waals surface area contributed by atoms with Crippen molar-refractivity contribution in [2.45, 2.75) is 33.1 Å². The van der Waals surface area contributed by atoms with Crippen molar-refractivity contribution in [3.63, 3.8) is 0 Å². The van der Waals surface area contributed by atoms with Gasteiger partial charge in [-0.1, -0.05) is 23.8 Å². The number of benzene rings is 1. The fourth-order valence-electron chi connectivity index (χ4n) is 2.10. The highest BCUT2D eigenvalue weighted by Gasteiger charge is 2.47. The van der Waals surface area contributed by atoms with Gasteiger partial charge in [-0.3, -0.25) is 4.79 Å². The fraction of sp³-hybridized carbons (Fsp3) is 0.500. The van der Waals surface area contributed by atoms with Gasteiger partial charge in [0, 0.05) is 18.4 Å². The highest BCUT2D eigenvalue weighted by molar-refractivity contribution is 5.89. The van der Waals surface area contributed by atoms with Gasteiger partial charge in [-0.15, -0.1) is 0 Å². The van der Waals surface area contributed by atoms with E-state index in [-0.39, 0.29) is 5.41 Å². The highest BCUT2D eigenvalue weighted by Crippen LogP contribution is 2.46. The van der Waals surface area contributed by atoms with Crippen LogP contribution in [0.3, 0.4) is 0 Å². The first-order valence-corrected chi connectivity index (χ1v) is 5.87. The zero-order chi connectivity index (χ0) is 11.8. The average molecular weight is 217 g/mol. The van der Waals surface area contributed by atoms with E-state index in [0.717, 1.165) is 18.4 Å². The van der Waals surface area contributed by atoms with Crippen LogP contribution in [0.4, 0.5) is 0 Å². The van der Waals surface area contributed by atoms with Gasteiger partial charge in [0.1, 0.15) is 5.78 Å². The van der Waals surface area contributed by atoms with Crippen LogP contribution in [-0.2, 0) is 11.2 Å². The van der Waals surface area contributed by atoms with Crippen LogP contribution in [0.2, 0.25) is 0 Å². The minimum Gasteiger partial charge on any atom is -0.329 e. The van der Waals surface area contributed by atoms with Crippen molar-refractivity contribution in [2.24, 2.45) is 11.1 Å². The molecule has 86 valence electrons. The molecule has 0 atom stereocenters. The normalized spacial score (nSPS) is 17.2. The molecule has 16 heavy (non-hydrogen) atoms. The van der Waals surface area contributed by atoms with Gasteiger partial charge in [-0.2, -0.15) is 0 Å². The SMILES string of the molecule is Cc1ccc(C)c(CC(=O)C2(CN)CC2)c1. The second kappa shape index (κ2) is 4.02. The molecule has 0 amide bonds. The van der Waals surface area contributed by atoms with Crippen LogP contribution in [0.5, 0.6) is 0 Å². The standard InChI is InChI=1S/C14H19NO/c1-10-3-4-11(2)12(7-10)8-13(16)14(9-15)5-6-14/h3-4,7H,5-6,8-9,15H2,1-2H3. The summed E-state index contributed by atoms with van der Waals surface area (Å²) >= 11 is 0. The molecule has 1 fully saturated rings. The van der Waals surface area contributed by atoms with Gasteiger partial charge in [0.2, 0.25) is 0 Å². The lowest BCUT2D eigenvalue weighted by Gasteiger charge is -2.12. The Labute approximate surface area is 96.8 Å². The Bertz CT molecular complexity index is 419. The molecule has 0 radical (unpaired) electrons. The molecule has 1 aromatic rings. The summed E-state index contributed by atoms with van der Waals surface area (Å²) in [7, 11) is 0. The third-order valence-corrected chi connectivity index (χ3v) is 3.69. The van der Waals surface area contributed by atoms with Crippen molar-refractivity contribution in [1.29, 1.82) is 0 Å². The number of rotatable bonds is 4. The van der Waals surface area contributed by atoms with Crippen molar-refractivity contribution in [1.82, 2.24) is 0 Å². The first kappa shape index (κ1) is 11.3. The Morgan fingerprint density at radius 3 is 2.62 bits per heavy atom. The minimum absolute atomic E-state index is 0.170. The van der Waals surface area contributed by atoms with Crippen molar-refractivity contribution < 1.29 is 4.79 Å². The summed E-state index contributed by atoms with van der Waals surface area (Å²) < 4.78 is 0. The number of aryl methyl sites for hydroxylation is 2. The Morgan fingerprint density at radius 2 is 2.06 bits per heavy atom. The van der Waals surface area contributed by atoms with Crippen LogP contribution < -0.4 is 5.73 Å². The molecule has 2 rings (SSSR count). The summed E-state index contributed by atoms with van der Waals surface area (Å²) in [4.78, 5) is 12.1. The Morgan fingerprint density at radius 1 is 1.38 bits per heavy atom. The lowest BCUT2D eigenvalue weighted by atomic mass is 9.92. The quantitative estimate of drug-likeness (QED) is 0.839. The smallest absolute Gasteiger partial charge is 0.144 e. The van der Waals surface area contributed by atoms with Gasteiger partial charge >= 0.3 is 0 Å². The number of ketones is 1. The molecule has 1 aromatic carbocycles. The largest absolute Gasteiger partial charge is 0.329 e. The highest BCUT2D eigenvalue weighted by atomic mass is 16.1. The van der Waals surface area contributed by atoms with Crippen molar-refractivity contribution in [3.8, 4) is 0 Å². The molecule has 0 unspecified atom stereocenters. The molecule has 2 nitrogen and oxygen atoms in total. The van der Waals surface area contributed by atoms with Crippen LogP contribution in [0.15, 0.2) is 18.2 Å². The number of Topliss-reactive ketones (excluding diaryl/α,β-unsaturated/α-hetero) is 1. The van der Waals surface area contributed by atoms with E-state index in [1.165, 1.54) is 11.1 Å². The van der Waals surface area contributed by atoms with E-state index in [1.807, 2.05) is 0 Å². The van der Waals surface area contributed by atoms with Gasteiger partial charge in [0.15, 0.2) is 0 Å². The summed E-state index contributed by atoms with van der Waals surface area (Å²) in [5, 5.41) is 0. The van der Waals surface area contributed by atoms with E-state index in [2.05, 4.69) is 32.0 Å². The molecule has 1 aliphatic rings. The molecular formula is C14H19NO. The number of carbonyl (C=O) groups is 1. The third kappa shape index (κ3) is 2.03. The molecule has 0 heterocycles. The maximum Gasteiger partial charge on any atom is 0.144 e. The monoisotopic (exact) mass is 217 g/mol. The number of nitrogens with two attached hydrogens (primary N) is 1. The van der Waals surface area contributed by atoms with Crippen LogP contribution in [0.1, 0.15) is 29.5 Å². The van der Waals surface area contributed by atoms with Gasteiger partial charge in [0.05, 0.1) is 0 Å². The van der Waals surface area contributed by atoms with E-state index in [4.69, 9.17) is 5.73 Å². The molecule has 2 N–H and O–H groups in total. The number of hydrogen-bond acceptors (Lipinski definition) is 2. The first-order valence-electron chi connectivity index (χ1n) is 5.87. The number of hydrogen-bond donors (Lipinski definition) is 1. The second-order valence-electron chi connectivity index (χ2n) is 5.01. The van der Waals surface area contributed by atoms with Crippen LogP contribution in [0, 0.1) is 19.3 Å². The Kier molecular flexibility index (Phi) is 2.85. The van der Waals surface area contributed by atoms with E-state index in [9.17, 15) is 4.79 Å². The lowest BCUT2D eigenvalue weighted by molar-refractivity contribution is -0.123. The maximum absolute atomic E-state index is 12.1. The number of carbonyl (C=O) groups excluding carboxylic acids is 1. The van der Waals surface area contributed by atoms with Crippen molar-refractivity contribution >= 4 is 5.78 Å². The van der Waals surface area contributed by atoms with Gasteiger partial charge < -0.3 is 5.73 Å². The summed E-state index contributed by atoms with van der Waals surface area (Å²) in [6, 6.07) is 6.28.